The molecule has 2 nitrogen and oxygen atoms in total. The highest BCUT2D eigenvalue weighted by molar-refractivity contribution is 6.14. The van der Waals surface area contributed by atoms with Crippen LogP contribution in [-0.4, -0.2) is 4.57 Å². The number of aromatic nitrogens is 1. The first-order valence-corrected chi connectivity index (χ1v) is 27.3. The third-order valence-electron chi connectivity index (χ3n) is 17.1. The molecule has 15 rings (SSSR count). The minimum absolute atomic E-state index is 0.176. The summed E-state index contributed by atoms with van der Waals surface area (Å²) in [5, 5.41) is 2.48. The number of hydrogen-bond acceptors (Lipinski definition) is 1. The van der Waals surface area contributed by atoms with E-state index in [-0.39, 0.29) is 5.41 Å². The van der Waals surface area contributed by atoms with Gasteiger partial charge in [-0.1, -0.05) is 257 Å². The second kappa shape index (κ2) is 17.9. The summed E-state index contributed by atoms with van der Waals surface area (Å²) < 4.78 is 2.43. The van der Waals surface area contributed by atoms with Gasteiger partial charge in [-0.15, -0.1) is 0 Å². The molecular weight excluding hydrogens is 941 g/mol. The molecule has 78 heavy (non-hydrogen) atoms. The van der Waals surface area contributed by atoms with E-state index in [9.17, 15) is 0 Å². The van der Waals surface area contributed by atoms with Gasteiger partial charge in [-0.25, -0.2) is 0 Å². The molecule has 2 aliphatic rings. The van der Waals surface area contributed by atoms with Gasteiger partial charge in [0.05, 0.1) is 22.1 Å². The van der Waals surface area contributed by atoms with E-state index in [2.05, 4.69) is 315 Å². The minimum Gasteiger partial charge on any atom is -0.310 e. The van der Waals surface area contributed by atoms with Crippen LogP contribution in [0.5, 0.6) is 0 Å². The third kappa shape index (κ3) is 6.76. The Balaban J connectivity index is 0.957. The molecule has 0 saturated carbocycles. The fraction of sp³-hybridized carbons (Fsp3) is 0.0526. The molecule has 368 valence electrons. The van der Waals surface area contributed by atoms with Gasteiger partial charge in [-0.2, -0.15) is 0 Å². The van der Waals surface area contributed by atoms with E-state index in [1.807, 2.05) is 0 Å². The summed E-state index contributed by atoms with van der Waals surface area (Å²) in [5.41, 5.74) is 26.2. The maximum Gasteiger partial charge on any atom is 0.0719 e. The number of nitrogens with zero attached hydrogens (tertiary/aromatic N) is 2. The van der Waals surface area contributed by atoms with E-state index < -0.39 is 5.41 Å². The smallest absolute Gasteiger partial charge is 0.0719 e. The highest BCUT2D eigenvalue weighted by Crippen LogP contribution is 2.63. The summed E-state index contributed by atoms with van der Waals surface area (Å²) in [5.74, 6) is 0. The quantitative estimate of drug-likeness (QED) is 0.147. The van der Waals surface area contributed by atoms with Gasteiger partial charge >= 0.3 is 0 Å². The summed E-state index contributed by atoms with van der Waals surface area (Å²) >= 11 is 0. The SMILES string of the molecule is CC1(C)c2ccccc2C2(c3ccccc3-c3cc(N(c4ccc(-c5cccc6c7ccccc7n(-c7ccccc7)c56)cc4)c4ccccc4-c4ccccc4-c4ccccc4-c4ccccc4)ccc32)c2ccccc21. The van der Waals surface area contributed by atoms with Gasteiger partial charge in [0, 0.05) is 44.4 Å². The van der Waals surface area contributed by atoms with Crippen LogP contribution in [0.2, 0.25) is 0 Å². The lowest BCUT2D eigenvalue weighted by Gasteiger charge is -2.46. The van der Waals surface area contributed by atoms with Crippen molar-refractivity contribution in [2.75, 3.05) is 4.90 Å². The number of para-hydroxylation sites is 4. The lowest BCUT2D eigenvalue weighted by Crippen LogP contribution is -2.40. The van der Waals surface area contributed by atoms with Crippen LogP contribution in [0.3, 0.4) is 0 Å². The van der Waals surface area contributed by atoms with Crippen molar-refractivity contribution in [2.45, 2.75) is 24.7 Å². The van der Waals surface area contributed by atoms with Crippen LogP contribution in [0, 0.1) is 0 Å². The zero-order valence-corrected chi connectivity index (χ0v) is 43.6. The van der Waals surface area contributed by atoms with Crippen LogP contribution in [0.25, 0.3) is 83.1 Å². The number of benzene rings is 12. The van der Waals surface area contributed by atoms with Crippen LogP contribution in [0.1, 0.15) is 47.2 Å². The molecule has 12 aromatic carbocycles. The van der Waals surface area contributed by atoms with E-state index in [1.54, 1.807) is 0 Å². The lowest BCUT2D eigenvalue weighted by molar-refractivity contribution is 0.563. The van der Waals surface area contributed by atoms with E-state index >= 15 is 0 Å². The Bertz CT molecular complexity index is 4410. The normalized spacial score (nSPS) is 13.5. The molecule has 13 aromatic rings. The van der Waals surface area contributed by atoms with Gasteiger partial charge in [0.25, 0.3) is 0 Å². The van der Waals surface area contributed by atoms with Crippen molar-refractivity contribution in [2.24, 2.45) is 0 Å². The predicted octanol–water partition coefficient (Wildman–Crippen LogP) is 19.9. The Kier molecular flexibility index (Phi) is 10.5. The van der Waals surface area contributed by atoms with Crippen molar-refractivity contribution < 1.29 is 0 Å². The first kappa shape index (κ1) is 45.6. The van der Waals surface area contributed by atoms with Crippen molar-refractivity contribution in [3.63, 3.8) is 0 Å². The van der Waals surface area contributed by atoms with Crippen molar-refractivity contribution >= 4 is 38.9 Å². The Morgan fingerprint density at radius 2 is 0.756 bits per heavy atom. The van der Waals surface area contributed by atoms with Crippen molar-refractivity contribution in [3.8, 4) is 61.3 Å². The average molecular weight is 995 g/mol. The summed E-state index contributed by atoms with van der Waals surface area (Å²) in [6.07, 6.45) is 0. The zero-order valence-electron chi connectivity index (χ0n) is 43.6. The molecule has 0 unspecified atom stereocenters. The molecule has 1 spiro atoms. The first-order chi connectivity index (χ1) is 38.5. The molecule has 1 aromatic heterocycles. The Morgan fingerprint density at radius 3 is 1.45 bits per heavy atom. The number of anilines is 3. The van der Waals surface area contributed by atoms with Crippen molar-refractivity contribution in [1.29, 1.82) is 0 Å². The molecule has 0 fully saturated rings. The molecule has 0 N–H and O–H groups in total. The second-order valence-corrected chi connectivity index (χ2v) is 21.5. The number of rotatable bonds is 8. The third-order valence-corrected chi connectivity index (χ3v) is 17.1. The standard InChI is InChI=1S/C76H54N2/c1-75(2)68-38-17-19-40-70(68)76(71-41-20-18-39-69(71)75)66-37-16-13-32-61(66)65-50-55(48-49-67(65)76)77(72-42-21-14-33-62(72)60-31-12-11-30-59(60)58-29-10-9-28-56(58)51-24-5-3-6-25-51)54-46-44-52(45-47-54)57-35-23-36-64-63-34-15-22-43-73(63)78(74(57)64)53-26-7-4-8-27-53/h3-50H,1-2H3. The van der Waals surface area contributed by atoms with Crippen LogP contribution < -0.4 is 4.90 Å². The predicted molar refractivity (Wildman–Crippen MR) is 327 cm³/mol. The number of fused-ring (bicyclic) bond motifs is 12. The van der Waals surface area contributed by atoms with Crippen LogP contribution in [-0.2, 0) is 10.8 Å². The Morgan fingerprint density at radius 1 is 0.295 bits per heavy atom. The topological polar surface area (TPSA) is 8.17 Å². The summed E-state index contributed by atoms with van der Waals surface area (Å²) in [6, 6.07) is 108. The summed E-state index contributed by atoms with van der Waals surface area (Å²) in [4.78, 5) is 2.50. The summed E-state index contributed by atoms with van der Waals surface area (Å²) in [7, 11) is 0. The molecular formula is C76H54N2. The monoisotopic (exact) mass is 994 g/mol. The summed E-state index contributed by atoms with van der Waals surface area (Å²) in [6.45, 7) is 4.79. The van der Waals surface area contributed by atoms with Gasteiger partial charge in [-0.3, -0.25) is 0 Å². The molecule has 0 saturated heterocycles. The van der Waals surface area contributed by atoms with Gasteiger partial charge in [0.15, 0.2) is 0 Å². The molecule has 0 aliphatic heterocycles. The lowest BCUT2D eigenvalue weighted by atomic mass is 9.55. The van der Waals surface area contributed by atoms with Crippen molar-refractivity contribution in [3.05, 3.63) is 325 Å². The largest absolute Gasteiger partial charge is 0.310 e. The van der Waals surface area contributed by atoms with Crippen LogP contribution >= 0.6 is 0 Å². The van der Waals surface area contributed by atoms with Gasteiger partial charge < -0.3 is 9.47 Å². The molecule has 0 bridgehead atoms. The molecule has 0 amide bonds. The fourth-order valence-corrected chi connectivity index (χ4v) is 13.7. The van der Waals surface area contributed by atoms with E-state index in [4.69, 9.17) is 0 Å². The highest BCUT2D eigenvalue weighted by Gasteiger charge is 2.53. The highest BCUT2D eigenvalue weighted by atomic mass is 15.1. The van der Waals surface area contributed by atoms with Gasteiger partial charge in [-0.05, 0) is 126 Å². The van der Waals surface area contributed by atoms with E-state index in [0.29, 0.717) is 0 Å². The molecule has 2 aliphatic carbocycles. The maximum atomic E-state index is 2.50. The van der Waals surface area contributed by atoms with Crippen LogP contribution in [0.4, 0.5) is 17.1 Å². The molecule has 1 heterocycles. The molecule has 0 radical (unpaired) electrons. The van der Waals surface area contributed by atoms with Gasteiger partial charge in [0.1, 0.15) is 0 Å². The fourth-order valence-electron chi connectivity index (χ4n) is 13.7. The van der Waals surface area contributed by atoms with Crippen LogP contribution in [0.15, 0.2) is 291 Å². The Labute approximate surface area is 456 Å². The van der Waals surface area contributed by atoms with Crippen molar-refractivity contribution in [1.82, 2.24) is 4.57 Å². The average Bonchev–Trinajstić information content (AvgIpc) is 4.16. The second-order valence-electron chi connectivity index (χ2n) is 21.5. The van der Waals surface area contributed by atoms with Gasteiger partial charge in [0.2, 0.25) is 0 Å². The zero-order chi connectivity index (χ0) is 52.0. The number of hydrogen-bond donors (Lipinski definition) is 0. The van der Waals surface area contributed by atoms with E-state index in [1.165, 1.54) is 99.7 Å². The molecule has 0 atom stereocenters. The Hall–Kier alpha value is -9.76. The molecule has 2 heteroatoms. The first-order valence-electron chi connectivity index (χ1n) is 27.3. The maximum absolute atomic E-state index is 2.50. The van der Waals surface area contributed by atoms with E-state index in [0.717, 1.165) is 33.9 Å². The minimum atomic E-state index is -0.494.